The largest absolute Gasteiger partial charge is 0.355 e. The number of hydrogen-bond donors (Lipinski definition) is 1. The predicted octanol–water partition coefficient (Wildman–Crippen LogP) is 4.23. The van der Waals surface area contributed by atoms with Crippen molar-refractivity contribution >= 4 is 11.4 Å². The van der Waals surface area contributed by atoms with Gasteiger partial charge < -0.3 is 5.32 Å². The normalized spacial score (nSPS) is 10.5. The number of benzene rings is 2. The fourth-order valence-electron chi connectivity index (χ4n) is 2.17. The highest BCUT2D eigenvalue weighted by molar-refractivity contribution is 5.65. The van der Waals surface area contributed by atoms with Crippen LogP contribution in [-0.4, -0.2) is 9.78 Å². The minimum Gasteiger partial charge on any atom is -0.355 e. The molecule has 1 aromatic heterocycles. The van der Waals surface area contributed by atoms with E-state index in [1.54, 1.807) is 6.20 Å². The predicted molar refractivity (Wildman–Crippen MR) is 82.8 cm³/mol. The third-order valence-corrected chi connectivity index (χ3v) is 3.29. The number of aromatic nitrogens is 2. The lowest BCUT2D eigenvalue weighted by molar-refractivity contribution is 0.881. The maximum Gasteiger partial charge on any atom is 0.0666 e. The van der Waals surface area contributed by atoms with Crippen LogP contribution in [0.1, 0.15) is 11.1 Å². The summed E-state index contributed by atoms with van der Waals surface area (Å²) in [6.07, 6.45) is 3.72. The summed E-state index contributed by atoms with van der Waals surface area (Å²) >= 11 is 0. The SMILES string of the molecule is Cc1ccc(C)c(Nc2cccc(-n3cccn3)c2)c1. The number of anilines is 2. The van der Waals surface area contributed by atoms with Crippen LogP contribution in [-0.2, 0) is 0 Å². The van der Waals surface area contributed by atoms with Crippen molar-refractivity contribution in [1.82, 2.24) is 9.78 Å². The van der Waals surface area contributed by atoms with E-state index in [9.17, 15) is 0 Å². The monoisotopic (exact) mass is 263 g/mol. The summed E-state index contributed by atoms with van der Waals surface area (Å²) in [7, 11) is 0. The average Bonchev–Trinajstić information content (AvgIpc) is 2.97. The van der Waals surface area contributed by atoms with Crippen LogP contribution >= 0.6 is 0 Å². The summed E-state index contributed by atoms with van der Waals surface area (Å²) in [6.45, 7) is 4.21. The summed E-state index contributed by atoms with van der Waals surface area (Å²) in [5.41, 5.74) is 5.74. The highest BCUT2D eigenvalue weighted by Gasteiger charge is 2.02. The Morgan fingerprint density at radius 3 is 2.70 bits per heavy atom. The lowest BCUT2D eigenvalue weighted by Crippen LogP contribution is -1.97. The van der Waals surface area contributed by atoms with Gasteiger partial charge in [0.05, 0.1) is 5.69 Å². The first kappa shape index (κ1) is 12.5. The van der Waals surface area contributed by atoms with Gasteiger partial charge in [-0.25, -0.2) is 4.68 Å². The lowest BCUT2D eigenvalue weighted by atomic mass is 10.1. The van der Waals surface area contributed by atoms with Crippen molar-refractivity contribution in [2.24, 2.45) is 0 Å². The van der Waals surface area contributed by atoms with Crippen LogP contribution in [0.3, 0.4) is 0 Å². The van der Waals surface area contributed by atoms with Crippen molar-refractivity contribution in [3.63, 3.8) is 0 Å². The molecule has 3 heteroatoms. The van der Waals surface area contributed by atoms with Crippen LogP contribution in [0.15, 0.2) is 60.9 Å². The maximum absolute atomic E-state index is 4.26. The fourth-order valence-corrected chi connectivity index (χ4v) is 2.17. The molecule has 20 heavy (non-hydrogen) atoms. The Balaban J connectivity index is 1.91. The Morgan fingerprint density at radius 2 is 1.90 bits per heavy atom. The van der Waals surface area contributed by atoms with Gasteiger partial charge in [0.1, 0.15) is 0 Å². The zero-order valence-corrected chi connectivity index (χ0v) is 11.7. The molecule has 0 aliphatic carbocycles. The Bertz CT molecular complexity index is 715. The second kappa shape index (κ2) is 5.21. The Hall–Kier alpha value is -2.55. The van der Waals surface area contributed by atoms with E-state index in [1.807, 2.05) is 29.1 Å². The van der Waals surface area contributed by atoms with Gasteiger partial charge in [-0.2, -0.15) is 5.10 Å². The van der Waals surface area contributed by atoms with Crippen molar-refractivity contribution < 1.29 is 0 Å². The lowest BCUT2D eigenvalue weighted by Gasteiger charge is -2.11. The van der Waals surface area contributed by atoms with E-state index in [2.05, 4.69) is 54.6 Å². The van der Waals surface area contributed by atoms with Crippen LogP contribution in [0, 0.1) is 13.8 Å². The number of rotatable bonds is 3. The molecule has 0 radical (unpaired) electrons. The molecule has 3 nitrogen and oxygen atoms in total. The molecule has 100 valence electrons. The minimum absolute atomic E-state index is 1.05. The molecular formula is C17H17N3. The van der Waals surface area contributed by atoms with Crippen molar-refractivity contribution in [2.45, 2.75) is 13.8 Å². The van der Waals surface area contributed by atoms with Crippen LogP contribution in [0.4, 0.5) is 11.4 Å². The number of nitrogens with zero attached hydrogens (tertiary/aromatic N) is 2. The Kier molecular flexibility index (Phi) is 3.25. The summed E-state index contributed by atoms with van der Waals surface area (Å²) in [4.78, 5) is 0. The molecular weight excluding hydrogens is 246 g/mol. The topological polar surface area (TPSA) is 29.9 Å². The zero-order chi connectivity index (χ0) is 13.9. The summed E-state index contributed by atoms with van der Waals surface area (Å²) in [6, 6.07) is 16.6. The first-order valence-electron chi connectivity index (χ1n) is 6.67. The van der Waals surface area contributed by atoms with Crippen LogP contribution < -0.4 is 5.32 Å². The Morgan fingerprint density at radius 1 is 1.00 bits per heavy atom. The number of nitrogens with one attached hydrogen (secondary N) is 1. The molecule has 1 heterocycles. The molecule has 0 aliphatic rings. The van der Waals surface area contributed by atoms with E-state index in [4.69, 9.17) is 0 Å². The fraction of sp³-hybridized carbons (Fsp3) is 0.118. The molecule has 0 atom stereocenters. The molecule has 3 rings (SSSR count). The second-order valence-corrected chi connectivity index (χ2v) is 4.94. The zero-order valence-electron chi connectivity index (χ0n) is 11.7. The molecule has 0 saturated carbocycles. The van der Waals surface area contributed by atoms with Gasteiger partial charge in [-0.15, -0.1) is 0 Å². The van der Waals surface area contributed by atoms with Gasteiger partial charge >= 0.3 is 0 Å². The molecule has 0 spiro atoms. The molecule has 0 saturated heterocycles. The van der Waals surface area contributed by atoms with Crippen LogP contribution in [0.5, 0.6) is 0 Å². The van der Waals surface area contributed by atoms with Gasteiger partial charge in [0.15, 0.2) is 0 Å². The van der Waals surface area contributed by atoms with E-state index >= 15 is 0 Å². The van der Waals surface area contributed by atoms with E-state index in [0.29, 0.717) is 0 Å². The molecule has 0 fully saturated rings. The Labute approximate surface area is 118 Å². The summed E-state index contributed by atoms with van der Waals surface area (Å²) in [5.74, 6) is 0. The molecule has 3 aromatic rings. The van der Waals surface area contributed by atoms with Gasteiger partial charge in [-0.05, 0) is 55.3 Å². The molecule has 0 aliphatic heterocycles. The molecule has 0 unspecified atom stereocenters. The first-order chi connectivity index (χ1) is 9.72. The first-order valence-corrected chi connectivity index (χ1v) is 6.67. The molecule has 0 amide bonds. The number of aryl methyl sites for hydroxylation is 2. The summed E-state index contributed by atoms with van der Waals surface area (Å²) < 4.78 is 1.86. The highest BCUT2D eigenvalue weighted by atomic mass is 15.3. The quantitative estimate of drug-likeness (QED) is 0.766. The molecule has 0 bridgehead atoms. The smallest absolute Gasteiger partial charge is 0.0666 e. The average molecular weight is 263 g/mol. The maximum atomic E-state index is 4.26. The van der Waals surface area contributed by atoms with E-state index in [0.717, 1.165) is 17.1 Å². The molecule has 2 aromatic carbocycles. The van der Waals surface area contributed by atoms with Crippen LogP contribution in [0.25, 0.3) is 5.69 Å². The van der Waals surface area contributed by atoms with Crippen molar-refractivity contribution in [2.75, 3.05) is 5.32 Å². The van der Waals surface area contributed by atoms with Crippen molar-refractivity contribution in [3.05, 3.63) is 72.1 Å². The second-order valence-electron chi connectivity index (χ2n) is 4.94. The van der Waals surface area contributed by atoms with Crippen molar-refractivity contribution in [3.8, 4) is 5.69 Å². The van der Waals surface area contributed by atoms with Gasteiger partial charge in [0.2, 0.25) is 0 Å². The summed E-state index contributed by atoms with van der Waals surface area (Å²) in [5, 5.41) is 7.73. The van der Waals surface area contributed by atoms with Crippen LogP contribution in [0.2, 0.25) is 0 Å². The van der Waals surface area contributed by atoms with Gasteiger partial charge in [-0.3, -0.25) is 0 Å². The minimum atomic E-state index is 1.05. The van der Waals surface area contributed by atoms with E-state index < -0.39 is 0 Å². The third kappa shape index (κ3) is 2.57. The van der Waals surface area contributed by atoms with E-state index in [1.165, 1.54) is 11.1 Å². The number of hydrogen-bond acceptors (Lipinski definition) is 2. The standard InChI is InChI=1S/C17H17N3/c1-13-7-8-14(2)17(11-13)19-15-5-3-6-16(12-15)20-10-4-9-18-20/h3-12,19H,1-2H3. The van der Waals surface area contributed by atoms with Crippen molar-refractivity contribution in [1.29, 1.82) is 0 Å². The highest BCUT2D eigenvalue weighted by Crippen LogP contribution is 2.23. The van der Waals surface area contributed by atoms with Gasteiger partial charge in [-0.1, -0.05) is 18.2 Å². The molecule has 1 N–H and O–H groups in total. The van der Waals surface area contributed by atoms with E-state index in [-0.39, 0.29) is 0 Å². The van der Waals surface area contributed by atoms with Gasteiger partial charge in [0.25, 0.3) is 0 Å². The van der Waals surface area contributed by atoms with Gasteiger partial charge in [0, 0.05) is 23.8 Å². The third-order valence-electron chi connectivity index (χ3n) is 3.29.